The van der Waals surface area contributed by atoms with Gasteiger partial charge in [0, 0.05) is 17.5 Å². The zero-order valence-electron chi connectivity index (χ0n) is 13.5. The highest BCUT2D eigenvalue weighted by molar-refractivity contribution is 5.92. The van der Waals surface area contributed by atoms with Gasteiger partial charge < -0.3 is 14.8 Å². The van der Waals surface area contributed by atoms with Gasteiger partial charge in [-0.15, -0.1) is 0 Å². The molecule has 7 heteroatoms. The summed E-state index contributed by atoms with van der Waals surface area (Å²) >= 11 is 0. The topological polar surface area (TPSA) is 82.5 Å². The van der Waals surface area contributed by atoms with Crippen molar-refractivity contribution < 1.29 is 14.3 Å². The van der Waals surface area contributed by atoms with Gasteiger partial charge in [0.25, 0.3) is 0 Å². The van der Waals surface area contributed by atoms with Crippen LogP contribution in [0.5, 0.6) is 11.5 Å². The van der Waals surface area contributed by atoms with Gasteiger partial charge in [0.15, 0.2) is 0 Å². The zero-order chi connectivity index (χ0) is 17.0. The largest absolute Gasteiger partial charge is 0.497 e. The van der Waals surface area contributed by atoms with Crippen LogP contribution in [0.3, 0.4) is 0 Å². The lowest BCUT2D eigenvalue weighted by atomic mass is 10.2. The van der Waals surface area contributed by atoms with Crippen molar-refractivity contribution in [1.29, 1.82) is 0 Å². The predicted octanol–water partition coefficient (Wildman–Crippen LogP) is 1.52. The van der Waals surface area contributed by atoms with Gasteiger partial charge in [0.2, 0.25) is 5.91 Å². The minimum Gasteiger partial charge on any atom is -0.497 e. The Bertz CT molecular complexity index is 783. The molecule has 0 bridgehead atoms. The van der Waals surface area contributed by atoms with Crippen LogP contribution in [0, 0.1) is 13.8 Å². The molecule has 1 aromatic carbocycles. The lowest BCUT2D eigenvalue weighted by Gasteiger charge is -2.13. The number of anilines is 1. The Labute approximate surface area is 133 Å². The summed E-state index contributed by atoms with van der Waals surface area (Å²) in [5.41, 5.74) is 1.36. The summed E-state index contributed by atoms with van der Waals surface area (Å²) in [4.78, 5) is 27.9. The van der Waals surface area contributed by atoms with Crippen LogP contribution in [0.4, 0.5) is 5.69 Å². The maximum Gasteiger partial charge on any atom is 0.348 e. The smallest absolute Gasteiger partial charge is 0.348 e. The molecule has 1 aromatic heterocycles. The van der Waals surface area contributed by atoms with Gasteiger partial charge in [-0.2, -0.15) is 4.98 Å². The lowest BCUT2D eigenvalue weighted by molar-refractivity contribution is -0.116. The Kier molecular flexibility index (Phi) is 5.00. The number of carbonyl (C=O) groups is 1. The molecule has 7 nitrogen and oxygen atoms in total. The zero-order valence-corrected chi connectivity index (χ0v) is 13.5. The molecule has 1 heterocycles. The molecule has 0 saturated heterocycles. The van der Waals surface area contributed by atoms with Crippen LogP contribution >= 0.6 is 0 Å². The monoisotopic (exact) mass is 317 g/mol. The van der Waals surface area contributed by atoms with E-state index in [1.54, 1.807) is 45.2 Å². The highest BCUT2D eigenvalue weighted by Gasteiger charge is 2.12. The minimum absolute atomic E-state index is 0.118. The molecule has 23 heavy (non-hydrogen) atoms. The molecule has 1 amide bonds. The van der Waals surface area contributed by atoms with Crippen molar-refractivity contribution in [3.05, 3.63) is 46.1 Å². The Morgan fingerprint density at radius 1 is 1.22 bits per heavy atom. The second kappa shape index (κ2) is 6.95. The first kappa shape index (κ1) is 16.5. The molecule has 122 valence electrons. The average Bonchev–Trinajstić information content (AvgIpc) is 2.51. The van der Waals surface area contributed by atoms with Crippen molar-refractivity contribution in [3.8, 4) is 11.5 Å². The van der Waals surface area contributed by atoms with Crippen molar-refractivity contribution in [2.24, 2.45) is 0 Å². The second-order valence-electron chi connectivity index (χ2n) is 5.02. The van der Waals surface area contributed by atoms with Crippen molar-refractivity contribution in [2.45, 2.75) is 20.4 Å². The number of nitrogens with one attached hydrogen (secondary N) is 1. The number of ether oxygens (including phenoxy) is 2. The maximum atomic E-state index is 12.2. The van der Waals surface area contributed by atoms with Crippen LogP contribution in [-0.4, -0.2) is 29.7 Å². The van der Waals surface area contributed by atoms with E-state index >= 15 is 0 Å². The number of aromatic nitrogens is 2. The summed E-state index contributed by atoms with van der Waals surface area (Å²) in [7, 11) is 3.05. The normalized spacial score (nSPS) is 10.3. The van der Waals surface area contributed by atoms with E-state index in [9.17, 15) is 9.59 Å². The summed E-state index contributed by atoms with van der Waals surface area (Å²) < 4.78 is 11.7. The van der Waals surface area contributed by atoms with Crippen LogP contribution < -0.4 is 20.5 Å². The first-order chi connectivity index (χ1) is 10.9. The molecule has 0 aliphatic rings. The number of nitrogens with zero attached hydrogens (tertiary/aromatic N) is 2. The van der Waals surface area contributed by atoms with E-state index < -0.39 is 5.69 Å². The molecular weight excluding hydrogens is 298 g/mol. The molecule has 0 aliphatic carbocycles. The molecule has 2 rings (SSSR count). The summed E-state index contributed by atoms with van der Waals surface area (Å²) in [6.07, 6.45) is 0. The van der Waals surface area contributed by atoms with E-state index in [-0.39, 0.29) is 12.5 Å². The predicted molar refractivity (Wildman–Crippen MR) is 86.1 cm³/mol. The SMILES string of the molecule is COc1ccc(NC(=O)Cn2c(C)cc(C)nc2=O)c(OC)c1. The third-order valence-electron chi connectivity index (χ3n) is 3.33. The quantitative estimate of drug-likeness (QED) is 0.904. The number of hydrogen-bond acceptors (Lipinski definition) is 5. The highest BCUT2D eigenvalue weighted by atomic mass is 16.5. The number of methoxy groups -OCH3 is 2. The molecule has 0 aliphatic heterocycles. The van der Waals surface area contributed by atoms with Crippen LogP contribution in [0.1, 0.15) is 11.4 Å². The molecule has 0 fully saturated rings. The molecule has 0 saturated carbocycles. The first-order valence-corrected chi connectivity index (χ1v) is 7.01. The summed E-state index contributed by atoms with van der Waals surface area (Å²) in [5.74, 6) is 0.753. The molecule has 0 atom stereocenters. The first-order valence-electron chi connectivity index (χ1n) is 7.01. The molecule has 0 spiro atoms. The van der Waals surface area contributed by atoms with Crippen molar-refractivity contribution in [1.82, 2.24) is 9.55 Å². The number of amides is 1. The maximum absolute atomic E-state index is 12.2. The Morgan fingerprint density at radius 2 is 1.96 bits per heavy atom. The number of rotatable bonds is 5. The van der Waals surface area contributed by atoms with E-state index in [0.717, 1.165) is 0 Å². The van der Waals surface area contributed by atoms with Gasteiger partial charge in [-0.3, -0.25) is 9.36 Å². The van der Waals surface area contributed by atoms with Crippen molar-refractivity contribution >= 4 is 11.6 Å². The van der Waals surface area contributed by atoms with E-state index in [1.807, 2.05) is 0 Å². The Balaban J connectivity index is 2.19. The summed E-state index contributed by atoms with van der Waals surface area (Å²) in [5, 5.41) is 2.72. The van der Waals surface area contributed by atoms with Gasteiger partial charge in [0.05, 0.1) is 19.9 Å². The molecular formula is C16H19N3O4. The van der Waals surface area contributed by atoms with Crippen LogP contribution in [0.15, 0.2) is 29.1 Å². The van der Waals surface area contributed by atoms with Crippen LogP contribution in [0.2, 0.25) is 0 Å². The summed E-state index contributed by atoms with van der Waals surface area (Å²) in [6.45, 7) is 3.38. The Hall–Kier alpha value is -2.83. The van der Waals surface area contributed by atoms with Gasteiger partial charge in [-0.1, -0.05) is 0 Å². The number of hydrogen-bond donors (Lipinski definition) is 1. The van der Waals surface area contributed by atoms with E-state index in [1.165, 1.54) is 11.7 Å². The highest BCUT2D eigenvalue weighted by Crippen LogP contribution is 2.28. The standard InChI is InChI=1S/C16H19N3O4/c1-10-7-11(2)19(16(21)17-10)9-15(20)18-13-6-5-12(22-3)8-14(13)23-4/h5-8H,9H2,1-4H3,(H,18,20). The molecule has 0 unspecified atom stereocenters. The van der Waals surface area contributed by atoms with E-state index in [2.05, 4.69) is 10.3 Å². The fourth-order valence-corrected chi connectivity index (χ4v) is 2.20. The van der Waals surface area contributed by atoms with Gasteiger partial charge in [0.1, 0.15) is 18.0 Å². The van der Waals surface area contributed by atoms with Gasteiger partial charge in [-0.05, 0) is 32.0 Å². The molecule has 2 aromatic rings. The molecule has 1 N–H and O–H groups in total. The number of benzene rings is 1. The molecule has 0 radical (unpaired) electrons. The minimum atomic E-state index is -0.445. The number of aryl methyl sites for hydroxylation is 2. The van der Waals surface area contributed by atoms with Gasteiger partial charge >= 0.3 is 5.69 Å². The average molecular weight is 317 g/mol. The summed E-state index contributed by atoms with van der Waals surface area (Å²) in [6, 6.07) is 6.81. The van der Waals surface area contributed by atoms with Crippen LogP contribution in [0.25, 0.3) is 0 Å². The second-order valence-corrected chi connectivity index (χ2v) is 5.02. The van der Waals surface area contributed by atoms with E-state index in [4.69, 9.17) is 9.47 Å². The van der Waals surface area contributed by atoms with Crippen molar-refractivity contribution in [3.63, 3.8) is 0 Å². The fraction of sp³-hybridized carbons (Fsp3) is 0.312. The van der Waals surface area contributed by atoms with Crippen LogP contribution in [-0.2, 0) is 11.3 Å². The Morgan fingerprint density at radius 3 is 2.57 bits per heavy atom. The van der Waals surface area contributed by atoms with E-state index in [0.29, 0.717) is 28.6 Å². The number of carbonyl (C=O) groups excluding carboxylic acids is 1. The third-order valence-corrected chi connectivity index (χ3v) is 3.33. The van der Waals surface area contributed by atoms with Gasteiger partial charge in [-0.25, -0.2) is 4.79 Å². The fourth-order valence-electron chi connectivity index (χ4n) is 2.20. The lowest BCUT2D eigenvalue weighted by Crippen LogP contribution is -2.31. The van der Waals surface area contributed by atoms with Crippen molar-refractivity contribution in [2.75, 3.05) is 19.5 Å². The third kappa shape index (κ3) is 3.88.